The summed E-state index contributed by atoms with van der Waals surface area (Å²) in [6, 6.07) is 1.85. The summed E-state index contributed by atoms with van der Waals surface area (Å²) in [6.07, 6.45) is 2.09. The fraction of sp³-hybridized carbons (Fsp3) is 0.308. The molecule has 0 saturated carbocycles. The first-order valence-corrected chi connectivity index (χ1v) is 6.66. The molecule has 0 fully saturated rings. The van der Waals surface area contributed by atoms with Crippen LogP contribution in [-0.2, 0) is 11.2 Å². The topological polar surface area (TPSA) is 104 Å². The number of carbonyl (C=O) groups excluding carboxylic acids is 1. The highest BCUT2D eigenvalue weighted by molar-refractivity contribution is 6.30. The molecule has 2 rings (SSSR count). The number of fused-ring (bicyclic) bond motifs is 1. The van der Waals surface area contributed by atoms with E-state index in [0.29, 0.717) is 22.8 Å². The average Bonchev–Trinajstić information content (AvgIpc) is 2.81. The summed E-state index contributed by atoms with van der Waals surface area (Å²) in [5.41, 5.74) is 1.26. The van der Waals surface area contributed by atoms with E-state index < -0.39 is 24.5 Å². The monoisotopic (exact) mass is 311 g/mol. The third-order valence-corrected chi connectivity index (χ3v) is 3.23. The third kappa shape index (κ3) is 2.98. The SMILES string of the molecule is CCc1nc2cc(Cl)ccn2c1C(=O)NC(CO)C(=O)O. The van der Waals surface area contributed by atoms with Gasteiger partial charge in [-0.1, -0.05) is 18.5 Å². The van der Waals surface area contributed by atoms with E-state index in [1.807, 2.05) is 6.92 Å². The van der Waals surface area contributed by atoms with E-state index >= 15 is 0 Å². The van der Waals surface area contributed by atoms with Crippen molar-refractivity contribution in [3.8, 4) is 0 Å². The van der Waals surface area contributed by atoms with Gasteiger partial charge in [0.15, 0.2) is 6.04 Å². The Hall–Kier alpha value is -2.12. The largest absolute Gasteiger partial charge is 0.480 e. The number of halogens is 1. The molecule has 21 heavy (non-hydrogen) atoms. The molecule has 2 aromatic heterocycles. The highest BCUT2D eigenvalue weighted by Gasteiger charge is 2.24. The molecule has 7 nitrogen and oxygen atoms in total. The number of aliphatic hydroxyl groups excluding tert-OH is 1. The number of aryl methyl sites for hydroxylation is 1. The van der Waals surface area contributed by atoms with Gasteiger partial charge in [0.2, 0.25) is 0 Å². The van der Waals surface area contributed by atoms with Crippen LogP contribution < -0.4 is 5.32 Å². The number of pyridine rings is 1. The van der Waals surface area contributed by atoms with Crippen LogP contribution in [0.4, 0.5) is 0 Å². The van der Waals surface area contributed by atoms with Crippen molar-refractivity contribution >= 4 is 29.1 Å². The van der Waals surface area contributed by atoms with Gasteiger partial charge in [0, 0.05) is 17.3 Å². The smallest absolute Gasteiger partial charge is 0.328 e. The first kappa shape index (κ1) is 15.3. The second-order valence-corrected chi connectivity index (χ2v) is 4.82. The number of carbonyl (C=O) groups is 2. The van der Waals surface area contributed by atoms with Gasteiger partial charge in [-0.05, 0) is 12.5 Å². The Morgan fingerprint density at radius 2 is 2.24 bits per heavy atom. The summed E-state index contributed by atoms with van der Waals surface area (Å²) in [7, 11) is 0. The number of carboxylic acids is 1. The Kier molecular flexibility index (Phi) is 4.44. The van der Waals surface area contributed by atoms with Gasteiger partial charge in [-0.3, -0.25) is 9.20 Å². The van der Waals surface area contributed by atoms with E-state index in [1.54, 1.807) is 18.3 Å². The zero-order valence-corrected chi connectivity index (χ0v) is 12.0. The molecule has 0 aliphatic carbocycles. The molecule has 8 heteroatoms. The molecule has 0 radical (unpaired) electrons. The van der Waals surface area contributed by atoms with Crippen molar-refractivity contribution in [2.24, 2.45) is 0 Å². The van der Waals surface area contributed by atoms with Gasteiger partial charge in [0.1, 0.15) is 11.3 Å². The normalized spacial score (nSPS) is 12.3. The van der Waals surface area contributed by atoms with Crippen LogP contribution in [-0.4, -0.2) is 44.1 Å². The quantitative estimate of drug-likeness (QED) is 0.755. The number of hydrogen-bond donors (Lipinski definition) is 3. The molecule has 1 atom stereocenters. The van der Waals surface area contributed by atoms with E-state index in [-0.39, 0.29) is 5.69 Å². The van der Waals surface area contributed by atoms with Crippen molar-refractivity contribution in [3.63, 3.8) is 0 Å². The molecule has 0 saturated heterocycles. The van der Waals surface area contributed by atoms with Crippen LogP contribution >= 0.6 is 11.6 Å². The number of aliphatic carboxylic acids is 1. The maximum atomic E-state index is 12.3. The molecule has 112 valence electrons. The predicted octanol–water partition coefficient (Wildman–Crippen LogP) is 0.725. The minimum absolute atomic E-state index is 0.240. The molecule has 1 unspecified atom stereocenters. The number of carboxylic acid groups (broad SMARTS) is 1. The van der Waals surface area contributed by atoms with Crippen LogP contribution in [0.5, 0.6) is 0 Å². The molecule has 0 bridgehead atoms. The number of amides is 1. The third-order valence-electron chi connectivity index (χ3n) is 3.00. The molecule has 3 N–H and O–H groups in total. The van der Waals surface area contributed by atoms with Gasteiger partial charge in [-0.25, -0.2) is 9.78 Å². The Balaban J connectivity index is 2.44. The van der Waals surface area contributed by atoms with Crippen molar-refractivity contribution < 1.29 is 19.8 Å². The minimum atomic E-state index is -1.36. The minimum Gasteiger partial charge on any atom is -0.480 e. The molecular weight excluding hydrogens is 298 g/mol. The van der Waals surface area contributed by atoms with E-state index in [4.69, 9.17) is 21.8 Å². The van der Waals surface area contributed by atoms with Crippen LogP contribution in [0.3, 0.4) is 0 Å². The number of rotatable bonds is 5. The van der Waals surface area contributed by atoms with E-state index in [9.17, 15) is 9.59 Å². The number of aliphatic hydroxyl groups is 1. The molecule has 0 aromatic carbocycles. The van der Waals surface area contributed by atoms with Crippen LogP contribution in [0.2, 0.25) is 5.02 Å². The van der Waals surface area contributed by atoms with Crippen molar-refractivity contribution in [3.05, 3.63) is 34.7 Å². The lowest BCUT2D eigenvalue weighted by molar-refractivity contribution is -0.140. The summed E-state index contributed by atoms with van der Waals surface area (Å²) in [4.78, 5) is 27.5. The lowest BCUT2D eigenvalue weighted by Gasteiger charge is -2.12. The Morgan fingerprint density at radius 1 is 1.52 bits per heavy atom. The number of hydrogen-bond acceptors (Lipinski definition) is 4. The van der Waals surface area contributed by atoms with Gasteiger partial charge in [0.25, 0.3) is 5.91 Å². The Bertz CT molecular complexity index is 698. The maximum absolute atomic E-state index is 12.3. The number of aromatic nitrogens is 2. The fourth-order valence-corrected chi connectivity index (χ4v) is 2.12. The molecule has 2 aromatic rings. The summed E-state index contributed by atoms with van der Waals surface area (Å²) >= 11 is 5.89. The molecule has 1 amide bonds. The summed E-state index contributed by atoms with van der Waals surface area (Å²) < 4.78 is 1.54. The van der Waals surface area contributed by atoms with Gasteiger partial charge in [-0.2, -0.15) is 0 Å². The van der Waals surface area contributed by atoms with Crippen LogP contribution in [0, 0.1) is 0 Å². The molecule has 0 aliphatic heterocycles. The van der Waals surface area contributed by atoms with Gasteiger partial charge >= 0.3 is 5.97 Å². The van der Waals surface area contributed by atoms with Crippen molar-refractivity contribution in [2.45, 2.75) is 19.4 Å². The lowest BCUT2D eigenvalue weighted by atomic mass is 10.2. The van der Waals surface area contributed by atoms with Crippen molar-refractivity contribution in [2.75, 3.05) is 6.61 Å². The second kappa shape index (κ2) is 6.11. The van der Waals surface area contributed by atoms with Crippen LogP contribution in [0.25, 0.3) is 5.65 Å². The van der Waals surface area contributed by atoms with Crippen molar-refractivity contribution in [1.29, 1.82) is 0 Å². The Labute approximate surface area is 125 Å². The molecule has 2 heterocycles. The Morgan fingerprint density at radius 3 is 2.81 bits per heavy atom. The highest BCUT2D eigenvalue weighted by atomic mass is 35.5. The fourth-order valence-electron chi connectivity index (χ4n) is 1.97. The summed E-state index contributed by atoms with van der Waals surface area (Å²) in [5, 5.41) is 20.6. The highest BCUT2D eigenvalue weighted by Crippen LogP contribution is 2.17. The van der Waals surface area contributed by atoms with Gasteiger partial charge < -0.3 is 15.5 Å². The summed E-state index contributed by atoms with van der Waals surface area (Å²) in [5.74, 6) is -1.91. The number of imidazole rings is 1. The molecule has 0 aliphatic rings. The van der Waals surface area contributed by atoms with E-state index in [0.717, 1.165) is 0 Å². The van der Waals surface area contributed by atoms with Gasteiger partial charge in [0.05, 0.1) is 12.3 Å². The first-order valence-electron chi connectivity index (χ1n) is 6.29. The standard InChI is InChI=1S/C13H14ClN3O4/c1-2-8-11(12(19)16-9(6-18)13(20)21)17-4-3-7(14)5-10(17)15-8/h3-5,9,18H,2,6H2,1H3,(H,16,19)(H,20,21). The average molecular weight is 312 g/mol. The first-order chi connectivity index (χ1) is 9.97. The van der Waals surface area contributed by atoms with E-state index in [1.165, 1.54) is 4.40 Å². The van der Waals surface area contributed by atoms with Crippen LogP contribution in [0.15, 0.2) is 18.3 Å². The van der Waals surface area contributed by atoms with Crippen LogP contribution in [0.1, 0.15) is 23.1 Å². The predicted molar refractivity (Wildman–Crippen MR) is 75.6 cm³/mol. The van der Waals surface area contributed by atoms with Gasteiger partial charge in [-0.15, -0.1) is 0 Å². The maximum Gasteiger partial charge on any atom is 0.328 e. The van der Waals surface area contributed by atoms with E-state index in [2.05, 4.69) is 10.3 Å². The van der Waals surface area contributed by atoms with Crippen molar-refractivity contribution in [1.82, 2.24) is 14.7 Å². The summed E-state index contributed by atoms with van der Waals surface area (Å²) in [6.45, 7) is 1.14. The number of nitrogens with one attached hydrogen (secondary N) is 1. The molecular formula is C13H14ClN3O4. The number of nitrogens with zero attached hydrogens (tertiary/aromatic N) is 2. The molecule has 0 spiro atoms. The lowest BCUT2D eigenvalue weighted by Crippen LogP contribution is -2.43. The zero-order chi connectivity index (χ0) is 15.6. The second-order valence-electron chi connectivity index (χ2n) is 4.38. The zero-order valence-electron chi connectivity index (χ0n) is 11.2.